The number of para-hydroxylation sites is 1. The summed E-state index contributed by atoms with van der Waals surface area (Å²) in [4.78, 5) is 6.74. The van der Waals surface area contributed by atoms with Crippen LogP contribution < -0.4 is 14.8 Å². The lowest BCUT2D eigenvalue weighted by Crippen LogP contribution is -2.34. The van der Waals surface area contributed by atoms with E-state index in [2.05, 4.69) is 45.5 Å². The molecule has 3 aromatic rings. The van der Waals surface area contributed by atoms with Gasteiger partial charge < -0.3 is 14.8 Å². The number of methoxy groups -OCH3 is 1. The third-order valence-corrected chi connectivity index (χ3v) is 5.80. The van der Waals surface area contributed by atoms with E-state index in [1.54, 1.807) is 13.3 Å². The molecule has 5 nitrogen and oxygen atoms in total. The molecule has 0 unspecified atom stereocenters. The maximum Gasteiger partial charge on any atom is 0.124 e. The van der Waals surface area contributed by atoms with Crippen molar-refractivity contribution >= 4 is 0 Å². The van der Waals surface area contributed by atoms with Crippen molar-refractivity contribution in [3.05, 3.63) is 89.7 Å². The highest BCUT2D eigenvalue weighted by atomic mass is 16.5. The van der Waals surface area contributed by atoms with Crippen molar-refractivity contribution in [2.24, 2.45) is 0 Å². The van der Waals surface area contributed by atoms with Crippen LogP contribution in [0.3, 0.4) is 0 Å². The molecule has 0 saturated carbocycles. The van der Waals surface area contributed by atoms with Gasteiger partial charge in [0.2, 0.25) is 0 Å². The summed E-state index contributed by atoms with van der Waals surface area (Å²) in [5.41, 5.74) is 3.53. The Morgan fingerprint density at radius 2 is 1.90 bits per heavy atom. The summed E-state index contributed by atoms with van der Waals surface area (Å²) >= 11 is 0. The van der Waals surface area contributed by atoms with E-state index >= 15 is 0 Å². The third kappa shape index (κ3) is 5.84. The molecule has 2 heterocycles. The Kier molecular flexibility index (Phi) is 7.53. The fourth-order valence-corrected chi connectivity index (χ4v) is 4.14. The topological polar surface area (TPSA) is 46.6 Å². The van der Waals surface area contributed by atoms with Crippen molar-refractivity contribution in [1.29, 1.82) is 0 Å². The Hall–Kier alpha value is -2.89. The molecule has 0 radical (unpaired) electrons. The van der Waals surface area contributed by atoms with E-state index in [0.29, 0.717) is 12.6 Å². The van der Waals surface area contributed by atoms with E-state index in [4.69, 9.17) is 9.47 Å². The summed E-state index contributed by atoms with van der Waals surface area (Å²) in [6, 6.07) is 21.0. The van der Waals surface area contributed by atoms with Gasteiger partial charge >= 0.3 is 0 Å². The molecule has 1 N–H and O–H groups in total. The summed E-state index contributed by atoms with van der Waals surface area (Å²) in [5, 5.41) is 3.68. The van der Waals surface area contributed by atoms with Crippen LogP contribution in [0.15, 0.2) is 73.1 Å². The highest BCUT2D eigenvalue weighted by molar-refractivity contribution is 5.34. The van der Waals surface area contributed by atoms with Gasteiger partial charge in [-0.25, -0.2) is 0 Å². The zero-order valence-corrected chi connectivity index (χ0v) is 18.2. The van der Waals surface area contributed by atoms with E-state index < -0.39 is 0 Å². The predicted molar refractivity (Wildman–Crippen MR) is 123 cm³/mol. The quantitative estimate of drug-likeness (QED) is 0.523. The van der Waals surface area contributed by atoms with Crippen LogP contribution in [0, 0.1) is 0 Å². The normalized spacial score (nSPS) is 15.0. The van der Waals surface area contributed by atoms with Crippen molar-refractivity contribution in [2.45, 2.75) is 32.0 Å². The van der Waals surface area contributed by atoms with Gasteiger partial charge in [0.15, 0.2) is 0 Å². The SMILES string of the molecule is COc1cccc([C@H](CNCc2ccccc2OCc2cccnc2)N2CCCC2)c1. The molecular formula is C26H31N3O2. The van der Waals surface area contributed by atoms with Gasteiger partial charge in [-0.2, -0.15) is 0 Å². The van der Waals surface area contributed by atoms with Crippen LogP contribution in [0.1, 0.15) is 35.6 Å². The first-order valence-electron chi connectivity index (χ1n) is 11.0. The first-order valence-corrected chi connectivity index (χ1v) is 11.0. The number of ether oxygens (including phenoxy) is 2. The molecule has 1 fully saturated rings. The summed E-state index contributed by atoms with van der Waals surface area (Å²) in [6.07, 6.45) is 6.16. The molecule has 1 aliphatic heterocycles. The van der Waals surface area contributed by atoms with Gasteiger partial charge in [-0.05, 0) is 55.8 Å². The fourth-order valence-electron chi connectivity index (χ4n) is 4.14. The molecule has 1 atom stereocenters. The number of hydrogen-bond acceptors (Lipinski definition) is 5. The van der Waals surface area contributed by atoms with Crippen molar-refractivity contribution in [1.82, 2.24) is 15.2 Å². The molecule has 162 valence electrons. The van der Waals surface area contributed by atoms with Gasteiger partial charge in [0.25, 0.3) is 0 Å². The van der Waals surface area contributed by atoms with Crippen LogP contribution in [0.2, 0.25) is 0 Å². The van der Waals surface area contributed by atoms with E-state index in [1.807, 2.05) is 36.5 Å². The molecule has 1 saturated heterocycles. The van der Waals surface area contributed by atoms with Crippen LogP contribution in [0.25, 0.3) is 0 Å². The van der Waals surface area contributed by atoms with Crippen LogP contribution in [0.4, 0.5) is 0 Å². The predicted octanol–water partition coefficient (Wildman–Crippen LogP) is 4.60. The van der Waals surface area contributed by atoms with Gasteiger partial charge in [-0.15, -0.1) is 0 Å². The summed E-state index contributed by atoms with van der Waals surface area (Å²) < 4.78 is 11.5. The van der Waals surface area contributed by atoms with Gasteiger partial charge in [-0.1, -0.05) is 36.4 Å². The smallest absolute Gasteiger partial charge is 0.124 e. The minimum absolute atomic E-state index is 0.334. The zero-order chi connectivity index (χ0) is 21.3. The van der Waals surface area contributed by atoms with Crippen LogP contribution in [-0.2, 0) is 13.2 Å². The second-order valence-electron chi connectivity index (χ2n) is 7.92. The van der Waals surface area contributed by atoms with Crippen molar-refractivity contribution in [3.63, 3.8) is 0 Å². The number of likely N-dealkylation sites (tertiary alicyclic amines) is 1. The molecule has 1 aliphatic rings. The minimum atomic E-state index is 0.334. The van der Waals surface area contributed by atoms with E-state index in [0.717, 1.165) is 48.8 Å². The number of nitrogens with zero attached hydrogens (tertiary/aromatic N) is 2. The molecule has 4 rings (SSSR count). The second-order valence-corrected chi connectivity index (χ2v) is 7.92. The summed E-state index contributed by atoms with van der Waals surface area (Å²) in [6.45, 7) is 4.45. The van der Waals surface area contributed by atoms with Crippen molar-refractivity contribution in [3.8, 4) is 11.5 Å². The Balaban J connectivity index is 1.40. The molecular weight excluding hydrogens is 386 g/mol. The molecule has 2 aromatic carbocycles. The summed E-state index contributed by atoms with van der Waals surface area (Å²) in [7, 11) is 1.73. The van der Waals surface area contributed by atoms with Gasteiger partial charge in [0, 0.05) is 42.7 Å². The first kappa shape index (κ1) is 21.3. The van der Waals surface area contributed by atoms with E-state index in [-0.39, 0.29) is 0 Å². The maximum atomic E-state index is 6.09. The third-order valence-electron chi connectivity index (χ3n) is 5.80. The number of nitrogens with one attached hydrogen (secondary N) is 1. The lowest BCUT2D eigenvalue weighted by Gasteiger charge is -2.28. The molecule has 0 bridgehead atoms. The largest absolute Gasteiger partial charge is 0.497 e. The number of rotatable bonds is 10. The fraction of sp³-hybridized carbons (Fsp3) is 0.346. The average Bonchev–Trinajstić information content (AvgIpc) is 3.36. The number of pyridine rings is 1. The lowest BCUT2D eigenvalue weighted by atomic mass is 10.0. The second kappa shape index (κ2) is 10.9. The van der Waals surface area contributed by atoms with Gasteiger partial charge in [0.05, 0.1) is 7.11 Å². The first-order chi connectivity index (χ1) is 15.3. The van der Waals surface area contributed by atoms with Crippen LogP contribution >= 0.6 is 0 Å². The Morgan fingerprint density at radius 3 is 2.71 bits per heavy atom. The van der Waals surface area contributed by atoms with Crippen LogP contribution in [-0.4, -0.2) is 36.6 Å². The highest BCUT2D eigenvalue weighted by Crippen LogP contribution is 2.27. The van der Waals surface area contributed by atoms with Gasteiger partial charge in [-0.3, -0.25) is 9.88 Å². The number of aromatic nitrogens is 1. The number of benzene rings is 2. The molecule has 0 spiro atoms. The highest BCUT2D eigenvalue weighted by Gasteiger charge is 2.23. The summed E-state index contributed by atoms with van der Waals surface area (Å²) in [5.74, 6) is 1.83. The molecule has 0 amide bonds. The van der Waals surface area contributed by atoms with Crippen molar-refractivity contribution in [2.75, 3.05) is 26.7 Å². The Morgan fingerprint density at radius 1 is 1.03 bits per heavy atom. The zero-order valence-electron chi connectivity index (χ0n) is 18.2. The average molecular weight is 418 g/mol. The molecule has 0 aliphatic carbocycles. The Labute approximate surface area is 185 Å². The van der Waals surface area contributed by atoms with Crippen molar-refractivity contribution < 1.29 is 9.47 Å². The standard InChI is InChI=1S/C26H31N3O2/c1-30-24-11-6-10-22(16-24)25(29-14-4-5-15-29)19-28-18-23-9-2-3-12-26(23)31-20-21-8-7-13-27-17-21/h2-3,6-13,16-17,25,28H,4-5,14-15,18-20H2,1H3/t25-/m0/s1. The van der Waals surface area contributed by atoms with E-state index in [1.165, 1.54) is 18.4 Å². The maximum absolute atomic E-state index is 6.09. The molecule has 1 aromatic heterocycles. The van der Waals surface area contributed by atoms with Crippen LogP contribution in [0.5, 0.6) is 11.5 Å². The van der Waals surface area contributed by atoms with Gasteiger partial charge in [0.1, 0.15) is 18.1 Å². The Bertz CT molecular complexity index is 942. The molecule has 5 heteroatoms. The lowest BCUT2D eigenvalue weighted by molar-refractivity contribution is 0.237. The minimum Gasteiger partial charge on any atom is -0.497 e. The number of hydrogen-bond donors (Lipinski definition) is 1. The van der Waals surface area contributed by atoms with E-state index in [9.17, 15) is 0 Å². The monoisotopic (exact) mass is 417 g/mol. The molecule has 31 heavy (non-hydrogen) atoms.